The summed E-state index contributed by atoms with van der Waals surface area (Å²) in [6.45, 7) is 1.81. The molecule has 17 heavy (non-hydrogen) atoms. The lowest BCUT2D eigenvalue weighted by Crippen LogP contribution is -2.08. The number of carbonyl (C=O) groups excluding carboxylic acids is 1. The molecular formula is C12H13N3OS. The van der Waals surface area contributed by atoms with Crippen molar-refractivity contribution in [3.63, 3.8) is 0 Å². The first-order chi connectivity index (χ1) is 8.19. The number of anilines is 2. The zero-order valence-electron chi connectivity index (χ0n) is 9.43. The minimum Gasteiger partial charge on any atom is -0.399 e. The van der Waals surface area contributed by atoms with Crippen LogP contribution in [0.25, 0.3) is 11.3 Å². The number of amides is 1. The van der Waals surface area contributed by atoms with E-state index in [4.69, 9.17) is 5.73 Å². The van der Waals surface area contributed by atoms with Gasteiger partial charge >= 0.3 is 0 Å². The minimum absolute atomic E-state index is 0.0248. The maximum Gasteiger partial charge on any atom is 0.225 e. The number of nitrogens with zero attached hydrogens (tertiary/aromatic N) is 1. The van der Waals surface area contributed by atoms with E-state index in [-0.39, 0.29) is 5.91 Å². The molecular weight excluding hydrogens is 234 g/mol. The SMILES string of the molecule is CCC(=O)Nc1nc(-c2ccc(N)cc2)cs1. The predicted octanol–water partition coefficient (Wildman–Crippen LogP) is 2.74. The molecule has 0 aliphatic carbocycles. The quantitative estimate of drug-likeness (QED) is 0.819. The molecule has 0 radical (unpaired) electrons. The summed E-state index contributed by atoms with van der Waals surface area (Å²) in [5, 5.41) is 5.28. The average Bonchev–Trinajstić information content (AvgIpc) is 2.78. The molecule has 88 valence electrons. The Kier molecular flexibility index (Phi) is 3.39. The number of nitrogen functional groups attached to an aromatic ring is 1. The number of nitrogens with one attached hydrogen (secondary N) is 1. The van der Waals surface area contributed by atoms with E-state index in [1.807, 2.05) is 36.6 Å². The van der Waals surface area contributed by atoms with Crippen LogP contribution in [-0.2, 0) is 4.79 Å². The van der Waals surface area contributed by atoms with Gasteiger partial charge in [-0.25, -0.2) is 4.98 Å². The zero-order valence-corrected chi connectivity index (χ0v) is 10.3. The molecule has 1 aromatic heterocycles. The van der Waals surface area contributed by atoms with E-state index in [1.54, 1.807) is 0 Å². The van der Waals surface area contributed by atoms with Gasteiger partial charge in [-0.3, -0.25) is 4.79 Å². The first-order valence-electron chi connectivity index (χ1n) is 5.30. The van der Waals surface area contributed by atoms with Gasteiger partial charge in [0.25, 0.3) is 0 Å². The van der Waals surface area contributed by atoms with E-state index < -0.39 is 0 Å². The van der Waals surface area contributed by atoms with Crippen LogP contribution in [-0.4, -0.2) is 10.9 Å². The fraction of sp³-hybridized carbons (Fsp3) is 0.167. The summed E-state index contributed by atoms with van der Waals surface area (Å²) in [5.74, 6) is -0.0248. The number of hydrogen-bond donors (Lipinski definition) is 2. The van der Waals surface area contributed by atoms with Gasteiger partial charge in [-0.05, 0) is 12.1 Å². The van der Waals surface area contributed by atoms with E-state index in [9.17, 15) is 4.79 Å². The summed E-state index contributed by atoms with van der Waals surface area (Å²) >= 11 is 1.42. The van der Waals surface area contributed by atoms with Crippen LogP contribution in [0, 0.1) is 0 Å². The summed E-state index contributed by atoms with van der Waals surface area (Å²) in [6.07, 6.45) is 0.455. The van der Waals surface area contributed by atoms with Crippen molar-refractivity contribution in [3.8, 4) is 11.3 Å². The molecule has 1 amide bonds. The molecule has 0 aliphatic heterocycles. The number of rotatable bonds is 3. The maximum absolute atomic E-state index is 11.2. The Morgan fingerprint density at radius 3 is 2.76 bits per heavy atom. The van der Waals surface area contributed by atoms with Crippen LogP contribution < -0.4 is 11.1 Å². The van der Waals surface area contributed by atoms with Crippen molar-refractivity contribution in [1.82, 2.24) is 4.98 Å². The Morgan fingerprint density at radius 1 is 1.41 bits per heavy atom. The molecule has 0 unspecified atom stereocenters. The molecule has 0 atom stereocenters. The molecule has 0 saturated carbocycles. The van der Waals surface area contributed by atoms with Crippen molar-refractivity contribution in [2.45, 2.75) is 13.3 Å². The molecule has 2 aromatic rings. The molecule has 2 rings (SSSR count). The van der Waals surface area contributed by atoms with Crippen LogP contribution >= 0.6 is 11.3 Å². The standard InChI is InChI=1S/C12H13N3OS/c1-2-11(16)15-12-14-10(7-17-12)8-3-5-9(13)6-4-8/h3-7H,2,13H2,1H3,(H,14,15,16). The van der Waals surface area contributed by atoms with Gasteiger partial charge in [0, 0.05) is 23.1 Å². The van der Waals surface area contributed by atoms with E-state index in [0.717, 1.165) is 16.9 Å². The van der Waals surface area contributed by atoms with Crippen LogP contribution in [0.2, 0.25) is 0 Å². The van der Waals surface area contributed by atoms with Crippen LogP contribution in [0.15, 0.2) is 29.6 Å². The number of hydrogen-bond acceptors (Lipinski definition) is 4. The van der Waals surface area contributed by atoms with Crippen molar-refractivity contribution in [2.75, 3.05) is 11.1 Å². The molecule has 5 heteroatoms. The Labute approximate surface area is 103 Å². The fourth-order valence-electron chi connectivity index (χ4n) is 1.33. The number of aromatic nitrogens is 1. The average molecular weight is 247 g/mol. The highest BCUT2D eigenvalue weighted by Gasteiger charge is 2.06. The first kappa shape index (κ1) is 11.6. The Balaban J connectivity index is 2.18. The third kappa shape index (κ3) is 2.82. The highest BCUT2D eigenvalue weighted by atomic mass is 32.1. The van der Waals surface area contributed by atoms with Crippen LogP contribution in [0.1, 0.15) is 13.3 Å². The second-order valence-corrected chi connectivity index (χ2v) is 4.42. The highest BCUT2D eigenvalue weighted by Crippen LogP contribution is 2.25. The number of thiazole rings is 1. The molecule has 4 nitrogen and oxygen atoms in total. The normalized spacial score (nSPS) is 10.2. The van der Waals surface area contributed by atoms with Crippen molar-refractivity contribution in [1.29, 1.82) is 0 Å². The van der Waals surface area contributed by atoms with Crippen molar-refractivity contribution in [2.24, 2.45) is 0 Å². The summed E-state index contributed by atoms with van der Waals surface area (Å²) in [7, 11) is 0. The second kappa shape index (κ2) is 4.97. The summed E-state index contributed by atoms with van der Waals surface area (Å²) in [6, 6.07) is 7.49. The smallest absolute Gasteiger partial charge is 0.225 e. The molecule has 1 aromatic carbocycles. The third-order valence-corrected chi connectivity index (χ3v) is 3.04. The molecule has 0 fully saturated rings. The van der Waals surface area contributed by atoms with Crippen LogP contribution in [0.3, 0.4) is 0 Å². The van der Waals surface area contributed by atoms with Gasteiger partial charge < -0.3 is 11.1 Å². The molecule has 0 aliphatic rings. The van der Waals surface area contributed by atoms with E-state index in [0.29, 0.717) is 11.6 Å². The topological polar surface area (TPSA) is 68.0 Å². The zero-order chi connectivity index (χ0) is 12.3. The van der Waals surface area contributed by atoms with E-state index in [2.05, 4.69) is 10.3 Å². The van der Waals surface area contributed by atoms with E-state index >= 15 is 0 Å². The molecule has 1 heterocycles. The van der Waals surface area contributed by atoms with E-state index in [1.165, 1.54) is 11.3 Å². The first-order valence-corrected chi connectivity index (χ1v) is 6.18. The largest absolute Gasteiger partial charge is 0.399 e. The van der Waals surface area contributed by atoms with Crippen molar-refractivity contribution in [3.05, 3.63) is 29.6 Å². The van der Waals surface area contributed by atoms with Gasteiger partial charge in [0.15, 0.2) is 5.13 Å². The van der Waals surface area contributed by atoms with Gasteiger partial charge in [-0.1, -0.05) is 19.1 Å². The van der Waals surface area contributed by atoms with Gasteiger partial charge in [-0.2, -0.15) is 0 Å². The van der Waals surface area contributed by atoms with Gasteiger partial charge in [0.1, 0.15) is 0 Å². The molecule has 0 bridgehead atoms. The third-order valence-electron chi connectivity index (χ3n) is 2.28. The van der Waals surface area contributed by atoms with Crippen molar-refractivity contribution < 1.29 is 4.79 Å². The van der Waals surface area contributed by atoms with Crippen LogP contribution in [0.4, 0.5) is 10.8 Å². The number of nitrogens with two attached hydrogens (primary N) is 1. The number of carbonyl (C=O) groups is 1. The molecule has 3 N–H and O–H groups in total. The Hall–Kier alpha value is -1.88. The molecule has 0 spiro atoms. The van der Waals surface area contributed by atoms with Crippen LogP contribution in [0.5, 0.6) is 0 Å². The predicted molar refractivity (Wildman–Crippen MR) is 70.9 cm³/mol. The lowest BCUT2D eigenvalue weighted by molar-refractivity contribution is -0.115. The number of benzene rings is 1. The van der Waals surface area contributed by atoms with Gasteiger partial charge in [0.2, 0.25) is 5.91 Å². The Bertz CT molecular complexity index is 519. The summed E-state index contributed by atoms with van der Waals surface area (Å²) in [4.78, 5) is 15.6. The second-order valence-electron chi connectivity index (χ2n) is 3.56. The fourth-order valence-corrected chi connectivity index (χ4v) is 2.06. The summed E-state index contributed by atoms with van der Waals surface area (Å²) < 4.78 is 0. The maximum atomic E-state index is 11.2. The van der Waals surface area contributed by atoms with Gasteiger partial charge in [-0.15, -0.1) is 11.3 Å². The minimum atomic E-state index is -0.0248. The lowest BCUT2D eigenvalue weighted by Gasteiger charge is -1.98. The monoisotopic (exact) mass is 247 g/mol. The Morgan fingerprint density at radius 2 is 2.12 bits per heavy atom. The van der Waals surface area contributed by atoms with Crippen molar-refractivity contribution >= 4 is 28.1 Å². The summed E-state index contributed by atoms with van der Waals surface area (Å²) in [5.41, 5.74) is 8.19. The lowest BCUT2D eigenvalue weighted by atomic mass is 10.1. The molecule has 0 saturated heterocycles. The van der Waals surface area contributed by atoms with Gasteiger partial charge in [0.05, 0.1) is 5.69 Å². The highest BCUT2D eigenvalue weighted by molar-refractivity contribution is 7.14.